The number of nitrogens with zero attached hydrogens (tertiary/aromatic N) is 3. The molecule has 0 aliphatic carbocycles. The highest BCUT2D eigenvalue weighted by Gasteiger charge is 2.19. The Kier molecular flexibility index (Phi) is 3.01. The Morgan fingerprint density at radius 2 is 2.19 bits per heavy atom. The Morgan fingerprint density at radius 1 is 1.38 bits per heavy atom. The molecule has 2 aromatic rings. The second-order valence-electron chi connectivity index (χ2n) is 3.97. The van der Waals surface area contributed by atoms with Crippen LogP contribution < -0.4 is 5.73 Å². The van der Waals surface area contributed by atoms with Crippen LogP contribution in [0.5, 0.6) is 0 Å². The SMILES string of the molecule is Cc1nccn1C(c1cccnc1)C(C)N. The average molecular weight is 216 g/mol. The van der Waals surface area contributed by atoms with Crippen LogP contribution in [-0.4, -0.2) is 20.6 Å². The standard InChI is InChI=1S/C12H16N4/c1-9(13)12(11-4-3-5-14-8-11)16-7-6-15-10(16)2/h3-9,12H,13H2,1-2H3. The molecule has 2 atom stereocenters. The molecule has 2 rings (SSSR count). The van der Waals surface area contributed by atoms with E-state index in [9.17, 15) is 0 Å². The van der Waals surface area contributed by atoms with Gasteiger partial charge in [-0.05, 0) is 25.5 Å². The number of nitrogens with two attached hydrogens (primary N) is 1. The third-order valence-electron chi connectivity index (χ3n) is 2.69. The Labute approximate surface area is 95.1 Å². The van der Waals surface area contributed by atoms with Crippen LogP contribution in [0.3, 0.4) is 0 Å². The van der Waals surface area contributed by atoms with E-state index in [2.05, 4.69) is 14.5 Å². The summed E-state index contributed by atoms with van der Waals surface area (Å²) in [6.07, 6.45) is 7.37. The highest BCUT2D eigenvalue weighted by atomic mass is 15.1. The second kappa shape index (κ2) is 4.45. The quantitative estimate of drug-likeness (QED) is 0.846. The summed E-state index contributed by atoms with van der Waals surface area (Å²) >= 11 is 0. The Hall–Kier alpha value is -1.68. The summed E-state index contributed by atoms with van der Waals surface area (Å²) in [5.41, 5.74) is 7.16. The number of hydrogen-bond donors (Lipinski definition) is 1. The molecule has 16 heavy (non-hydrogen) atoms. The maximum atomic E-state index is 6.05. The largest absolute Gasteiger partial charge is 0.326 e. The summed E-state index contributed by atoms with van der Waals surface area (Å²) in [7, 11) is 0. The lowest BCUT2D eigenvalue weighted by Crippen LogP contribution is -2.30. The maximum absolute atomic E-state index is 6.05. The van der Waals surface area contributed by atoms with E-state index >= 15 is 0 Å². The molecule has 0 aliphatic heterocycles. The van der Waals surface area contributed by atoms with Crippen molar-refractivity contribution in [1.82, 2.24) is 14.5 Å². The number of aromatic nitrogens is 3. The lowest BCUT2D eigenvalue weighted by Gasteiger charge is -2.23. The smallest absolute Gasteiger partial charge is 0.106 e. The molecular formula is C12H16N4. The van der Waals surface area contributed by atoms with Gasteiger partial charge in [0.15, 0.2) is 0 Å². The van der Waals surface area contributed by atoms with E-state index in [0.29, 0.717) is 0 Å². The second-order valence-corrected chi connectivity index (χ2v) is 3.97. The molecule has 0 saturated heterocycles. The van der Waals surface area contributed by atoms with Gasteiger partial charge in [0.25, 0.3) is 0 Å². The molecule has 0 amide bonds. The molecule has 0 bridgehead atoms. The zero-order valence-corrected chi connectivity index (χ0v) is 9.54. The fourth-order valence-corrected chi connectivity index (χ4v) is 1.95. The molecule has 0 aliphatic rings. The van der Waals surface area contributed by atoms with Crippen molar-refractivity contribution < 1.29 is 0 Å². The highest BCUT2D eigenvalue weighted by molar-refractivity contribution is 5.18. The summed E-state index contributed by atoms with van der Waals surface area (Å²) in [6, 6.07) is 4.07. The first-order valence-corrected chi connectivity index (χ1v) is 5.35. The number of hydrogen-bond acceptors (Lipinski definition) is 3. The Morgan fingerprint density at radius 3 is 2.69 bits per heavy atom. The van der Waals surface area contributed by atoms with Crippen molar-refractivity contribution in [2.45, 2.75) is 25.9 Å². The minimum Gasteiger partial charge on any atom is -0.326 e. The molecule has 0 spiro atoms. The summed E-state index contributed by atoms with van der Waals surface area (Å²) in [4.78, 5) is 8.37. The zero-order valence-electron chi connectivity index (χ0n) is 9.54. The minimum atomic E-state index is 0.0112. The molecule has 84 valence electrons. The van der Waals surface area contributed by atoms with Crippen LogP contribution in [-0.2, 0) is 0 Å². The lowest BCUT2D eigenvalue weighted by atomic mass is 10.0. The first kappa shape index (κ1) is 10.8. The molecule has 0 fully saturated rings. The van der Waals surface area contributed by atoms with Gasteiger partial charge in [-0.2, -0.15) is 0 Å². The van der Waals surface area contributed by atoms with Crippen LogP contribution in [0.1, 0.15) is 24.4 Å². The van der Waals surface area contributed by atoms with Gasteiger partial charge in [-0.25, -0.2) is 4.98 Å². The summed E-state index contributed by atoms with van der Waals surface area (Å²) in [6.45, 7) is 3.98. The lowest BCUT2D eigenvalue weighted by molar-refractivity contribution is 0.485. The summed E-state index contributed by atoms with van der Waals surface area (Å²) in [5, 5.41) is 0. The third-order valence-corrected chi connectivity index (χ3v) is 2.69. The van der Waals surface area contributed by atoms with Crippen LogP contribution in [0, 0.1) is 6.92 Å². The van der Waals surface area contributed by atoms with Gasteiger partial charge < -0.3 is 10.3 Å². The van der Waals surface area contributed by atoms with Crippen molar-refractivity contribution in [1.29, 1.82) is 0 Å². The molecule has 2 aromatic heterocycles. The zero-order chi connectivity index (χ0) is 11.5. The Bertz CT molecular complexity index is 447. The molecule has 0 saturated carbocycles. The van der Waals surface area contributed by atoms with Gasteiger partial charge in [0.05, 0.1) is 6.04 Å². The maximum Gasteiger partial charge on any atom is 0.106 e. The van der Waals surface area contributed by atoms with Gasteiger partial charge in [-0.3, -0.25) is 4.98 Å². The topological polar surface area (TPSA) is 56.7 Å². The van der Waals surface area contributed by atoms with E-state index in [1.54, 1.807) is 12.4 Å². The van der Waals surface area contributed by atoms with Gasteiger partial charge in [0.1, 0.15) is 5.82 Å². The molecular weight excluding hydrogens is 200 g/mol. The fraction of sp³-hybridized carbons (Fsp3) is 0.333. The van der Waals surface area contributed by atoms with Crippen LogP contribution in [0.15, 0.2) is 36.9 Å². The van der Waals surface area contributed by atoms with Crippen molar-refractivity contribution in [3.05, 3.63) is 48.3 Å². The van der Waals surface area contributed by atoms with Crippen LogP contribution in [0.2, 0.25) is 0 Å². The average Bonchev–Trinajstić information content (AvgIpc) is 2.66. The molecule has 4 heteroatoms. The van der Waals surface area contributed by atoms with Gasteiger partial charge in [-0.1, -0.05) is 6.07 Å². The molecule has 2 N–H and O–H groups in total. The minimum absolute atomic E-state index is 0.0112. The van der Waals surface area contributed by atoms with Crippen molar-refractivity contribution in [3.8, 4) is 0 Å². The number of aryl methyl sites for hydroxylation is 1. The van der Waals surface area contributed by atoms with Crippen molar-refractivity contribution in [2.24, 2.45) is 5.73 Å². The number of rotatable bonds is 3. The van der Waals surface area contributed by atoms with E-state index in [1.165, 1.54) is 0 Å². The first-order chi connectivity index (χ1) is 7.70. The highest BCUT2D eigenvalue weighted by Crippen LogP contribution is 2.21. The number of pyridine rings is 1. The van der Waals surface area contributed by atoms with E-state index < -0.39 is 0 Å². The van der Waals surface area contributed by atoms with Crippen LogP contribution in [0.4, 0.5) is 0 Å². The van der Waals surface area contributed by atoms with Crippen molar-refractivity contribution in [3.63, 3.8) is 0 Å². The van der Waals surface area contributed by atoms with E-state index in [1.807, 2.05) is 38.4 Å². The van der Waals surface area contributed by atoms with Crippen LogP contribution >= 0.6 is 0 Å². The molecule has 4 nitrogen and oxygen atoms in total. The van der Waals surface area contributed by atoms with Gasteiger partial charge >= 0.3 is 0 Å². The number of imidazole rings is 1. The molecule has 0 aromatic carbocycles. The van der Waals surface area contributed by atoms with E-state index in [4.69, 9.17) is 5.73 Å². The van der Waals surface area contributed by atoms with Crippen molar-refractivity contribution in [2.75, 3.05) is 0 Å². The predicted molar refractivity (Wildman–Crippen MR) is 63.0 cm³/mol. The molecule has 2 heterocycles. The third kappa shape index (κ3) is 1.97. The van der Waals surface area contributed by atoms with Crippen molar-refractivity contribution >= 4 is 0 Å². The van der Waals surface area contributed by atoms with E-state index in [0.717, 1.165) is 11.4 Å². The fourth-order valence-electron chi connectivity index (χ4n) is 1.95. The predicted octanol–water partition coefficient (Wildman–Crippen LogP) is 1.52. The van der Waals surface area contributed by atoms with Crippen LogP contribution in [0.25, 0.3) is 0 Å². The van der Waals surface area contributed by atoms with E-state index in [-0.39, 0.29) is 12.1 Å². The molecule has 0 radical (unpaired) electrons. The van der Waals surface area contributed by atoms with Gasteiger partial charge in [0.2, 0.25) is 0 Å². The molecule has 2 unspecified atom stereocenters. The van der Waals surface area contributed by atoms with Gasteiger partial charge in [0, 0.05) is 30.8 Å². The summed E-state index contributed by atoms with van der Waals surface area (Å²) in [5.74, 6) is 0.964. The first-order valence-electron chi connectivity index (χ1n) is 5.35. The summed E-state index contributed by atoms with van der Waals surface area (Å²) < 4.78 is 2.08. The Balaban J connectivity index is 2.43. The normalized spacial score (nSPS) is 14.7. The monoisotopic (exact) mass is 216 g/mol. The van der Waals surface area contributed by atoms with Gasteiger partial charge in [-0.15, -0.1) is 0 Å².